The molecule has 0 bridgehead atoms. The molecule has 0 aromatic heterocycles. The van der Waals surface area contributed by atoms with Crippen molar-refractivity contribution in [1.82, 2.24) is 4.90 Å². The van der Waals surface area contributed by atoms with Gasteiger partial charge in [0.15, 0.2) is 0 Å². The van der Waals surface area contributed by atoms with Crippen molar-refractivity contribution in [2.75, 3.05) is 6.61 Å². The largest absolute Gasteiger partial charge is 0.447 e. The number of cyclic esters (lactones) is 1. The molecule has 0 saturated carbocycles. The van der Waals surface area contributed by atoms with Gasteiger partial charge in [0.05, 0.1) is 13.9 Å². The molecule has 2 amide bonds. The van der Waals surface area contributed by atoms with Crippen LogP contribution in [-0.4, -0.2) is 37.4 Å². The van der Waals surface area contributed by atoms with Crippen LogP contribution in [0.15, 0.2) is 30.3 Å². The van der Waals surface area contributed by atoms with Gasteiger partial charge in [-0.05, 0) is 18.3 Å². The average Bonchev–Trinajstić information content (AvgIpc) is 2.71. The number of ether oxygens (including phenoxy) is 1. The Hall–Kier alpha value is -1.78. The smallest absolute Gasteiger partial charge is 0.416 e. The minimum absolute atomic E-state index is 0.180. The summed E-state index contributed by atoms with van der Waals surface area (Å²) in [7, 11) is 5.27. The van der Waals surface area contributed by atoms with Crippen LogP contribution in [0.4, 0.5) is 4.79 Å². The summed E-state index contributed by atoms with van der Waals surface area (Å²) < 4.78 is 4.88. The molecular weight excluding hydrogens is 217 g/mol. The second-order valence-electron chi connectivity index (χ2n) is 3.89. The maximum absolute atomic E-state index is 11.5. The maximum atomic E-state index is 11.5. The van der Waals surface area contributed by atoms with Crippen molar-refractivity contribution < 1.29 is 14.3 Å². The molecule has 1 aromatic rings. The van der Waals surface area contributed by atoms with Crippen molar-refractivity contribution >= 4 is 19.8 Å². The molecule has 4 nitrogen and oxygen atoms in total. The quantitative estimate of drug-likeness (QED) is 0.730. The van der Waals surface area contributed by atoms with Gasteiger partial charge in [0.2, 0.25) is 5.91 Å². The highest BCUT2D eigenvalue weighted by Gasteiger charge is 2.36. The van der Waals surface area contributed by atoms with Gasteiger partial charge in [0.25, 0.3) is 0 Å². The van der Waals surface area contributed by atoms with E-state index in [9.17, 15) is 9.59 Å². The van der Waals surface area contributed by atoms with E-state index >= 15 is 0 Å². The molecule has 2 rings (SSSR count). The number of hydrogen-bond acceptors (Lipinski definition) is 3. The molecule has 1 aliphatic heterocycles. The number of nitrogens with zero attached hydrogens (tertiary/aromatic N) is 1. The summed E-state index contributed by atoms with van der Waals surface area (Å²) in [4.78, 5) is 24.0. The second-order valence-corrected chi connectivity index (χ2v) is 3.89. The normalized spacial score (nSPS) is 19.2. The lowest BCUT2D eigenvalue weighted by atomic mass is 10.0. The number of imide groups is 1. The molecule has 1 heterocycles. The minimum atomic E-state index is -0.596. The highest BCUT2D eigenvalue weighted by molar-refractivity contribution is 6.21. The number of amides is 2. The van der Waals surface area contributed by atoms with E-state index in [-0.39, 0.29) is 19.0 Å². The molecule has 0 unspecified atom stereocenters. The van der Waals surface area contributed by atoms with Crippen LogP contribution < -0.4 is 0 Å². The fourth-order valence-corrected chi connectivity index (χ4v) is 1.90. The van der Waals surface area contributed by atoms with E-state index in [0.717, 1.165) is 10.5 Å². The van der Waals surface area contributed by atoms with Crippen LogP contribution in [0.2, 0.25) is 6.32 Å². The minimum Gasteiger partial charge on any atom is -0.447 e. The molecule has 1 aromatic carbocycles. The molecule has 86 valence electrons. The lowest BCUT2D eigenvalue weighted by molar-refractivity contribution is -0.126. The lowest BCUT2D eigenvalue weighted by Crippen LogP contribution is -2.39. The van der Waals surface area contributed by atoms with Crippen molar-refractivity contribution in [3.8, 4) is 0 Å². The van der Waals surface area contributed by atoms with Gasteiger partial charge in [0.1, 0.15) is 6.61 Å². The molecule has 0 N–H and O–H groups in total. The molecular formula is C12H12BNO3. The third-order valence-electron chi connectivity index (χ3n) is 2.72. The van der Waals surface area contributed by atoms with Crippen LogP contribution >= 0.6 is 0 Å². The molecule has 1 aliphatic rings. The SMILES string of the molecule is [B]CC(=O)N1C(=O)OC[C@@H]1Cc1ccccc1. The van der Waals surface area contributed by atoms with Gasteiger partial charge >= 0.3 is 6.09 Å². The first kappa shape index (κ1) is 11.7. The predicted octanol–water partition coefficient (Wildman–Crippen LogP) is 1.16. The Morgan fingerprint density at radius 3 is 2.76 bits per heavy atom. The summed E-state index contributed by atoms with van der Waals surface area (Å²) in [5.41, 5.74) is 1.06. The van der Waals surface area contributed by atoms with Gasteiger partial charge in [-0.2, -0.15) is 0 Å². The first-order valence-corrected chi connectivity index (χ1v) is 5.45. The molecule has 17 heavy (non-hydrogen) atoms. The Bertz CT molecular complexity index is 421. The van der Waals surface area contributed by atoms with Gasteiger partial charge in [-0.1, -0.05) is 30.3 Å². The third-order valence-corrected chi connectivity index (χ3v) is 2.72. The molecule has 1 saturated heterocycles. The fourth-order valence-electron chi connectivity index (χ4n) is 1.90. The zero-order valence-electron chi connectivity index (χ0n) is 9.33. The highest BCUT2D eigenvalue weighted by atomic mass is 16.6. The van der Waals surface area contributed by atoms with Crippen LogP contribution in [0.25, 0.3) is 0 Å². The molecule has 0 aliphatic carbocycles. The van der Waals surface area contributed by atoms with E-state index in [0.29, 0.717) is 6.42 Å². The van der Waals surface area contributed by atoms with Crippen LogP contribution in [0, 0.1) is 0 Å². The lowest BCUT2D eigenvalue weighted by Gasteiger charge is -2.18. The summed E-state index contributed by atoms with van der Waals surface area (Å²) in [6.45, 7) is 0.236. The number of rotatable bonds is 3. The first-order chi connectivity index (χ1) is 8.22. The zero-order chi connectivity index (χ0) is 12.3. The summed E-state index contributed by atoms with van der Waals surface area (Å²) in [6.07, 6.45) is -0.181. The fraction of sp³-hybridized carbons (Fsp3) is 0.333. The van der Waals surface area contributed by atoms with Gasteiger partial charge in [-0.15, -0.1) is 0 Å². The van der Waals surface area contributed by atoms with Crippen LogP contribution in [-0.2, 0) is 16.0 Å². The van der Waals surface area contributed by atoms with Crippen molar-refractivity contribution in [2.24, 2.45) is 0 Å². The van der Waals surface area contributed by atoms with E-state index in [1.54, 1.807) is 0 Å². The van der Waals surface area contributed by atoms with E-state index in [4.69, 9.17) is 12.6 Å². The number of benzene rings is 1. The summed E-state index contributed by atoms with van der Waals surface area (Å²) in [5.74, 6) is -0.395. The number of hydrogen-bond donors (Lipinski definition) is 0. The highest BCUT2D eigenvalue weighted by Crippen LogP contribution is 2.17. The van der Waals surface area contributed by atoms with Crippen molar-refractivity contribution in [1.29, 1.82) is 0 Å². The van der Waals surface area contributed by atoms with Gasteiger partial charge in [-0.25, -0.2) is 9.69 Å². The van der Waals surface area contributed by atoms with Crippen molar-refractivity contribution in [3.63, 3.8) is 0 Å². The Balaban J connectivity index is 2.10. The third kappa shape index (κ3) is 2.49. The molecule has 1 atom stereocenters. The predicted molar refractivity (Wildman–Crippen MR) is 62.7 cm³/mol. The Kier molecular flexibility index (Phi) is 3.47. The van der Waals surface area contributed by atoms with Crippen LogP contribution in [0.3, 0.4) is 0 Å². The van der Waals surface area contributed by atoms with Gasteiger partial charge in [0, 0.05) is 0 Å². The molecule has 2 radical (unpaired) electrons. The maximum Gasteiger partial charge on any atom is 0.416 e. The Morgan fingerprint density at radius 2 is 2.12 bits per heavy atom. The standard InChI is InChI=1S/C12H12BNO3/c13-7-11(15)14-10(8-17-12(14)16)6-9-4-2-1-3-5-9/h1-5,10H,6-8H2/t10-/m0/s1. The van der Waals surface area contributed by atoms with E-state index in [1.807, 2.05) is 30.3 Å². The number of carbonyl (C=O) groups excluding carboxylic acids is 2. The van der Waals surface area contributed by atoms with E-state index < -0.39 is 12.0 Å². The van der Waals surface area contributed by atoms with Gasteiger partial charge < -0.3 is 4.74 Å². The zero-order valence-corrected chi connectivity index (χ0v) is 9.33. The van der Waals surface area contributed by atoms with E-state index in [2.05, 4.69) is 0 Å². The van der Waals surface area contributed by atoms with Crippen LogP contribution in [0.1, 0.15) is 5.56 Å². The van der Waals surface area contributed by atoms with Crippen molar-refractivity contribution in [2.45, 2.75) is 18.8 Å². The van der Waals surface area contributed by atoms with Crippen molar-refractivity contribution in [3.05, 3.63) is 35.9 Å². The monoisotopic (exact) mass is 229 g/mol. The van der Waals surface area contributed by atoms with Gasteiger partial charge in [-0.3, -0.25) is 4.79 Å². The van der Waals surface area contributed by atoms with Crippen LogP contribution in [0.5, 0.6) is 0 Å². The summed E-state index contributed by atoms with van der Waals surface area (Å²) in [6, 6.07) is 9.41. The number of carbonyl (C=O) groups is 2. The molecule has 5 heteroatoms. The second kappa shape index (κ2) is 5.04. The first-order valence-electron chi connectivity index (χ1n) is 5.45. The average molecular weight is 229 g/mol. The summed E-state index contributed by atoms with van der Waals surface area (Å²) >= 11 is 0. The summed E-state index contributed by atoms with van der Waals surface area (Å²) in [5, 5.41) is 0. The van der Waals surface area contributed by atoms with E-state index in [1.165, 1.54) is 0 Å². The molecule has 0 spiro atoms. The molecule has 1 fully saturated rings. The topological polar surface area (TPSA) is 46.6 Å². The Labute approximate surface area is 101 Å². The Morgan fingerprint density at radius 1 is 1.41 bits per heavy atom.